The number of phenols is 1. The molecular weight excluding hydrogens is 293 g/mol. The fourth-order valence-electron chi connectivity index (χ4n) is 2.67. The highest BCUT2D eigenvalue weighted by molar-refractivity contribution is 5.80. The molecule has 0 saturated carbocycles. The minimum Gasteiger partial charge on any atom is -0.507 e. The molecule has 2 aromatic carbocycles. The van der Waals surface area contributed by atoms with Crippen molar-refractivity contribution in [3.63, 3.8) is 0 Å². The molecule has 1 saturated heterocycles. The van der Waals surface area contributed by atoms with E-state index in [1.807, 2.05) is 24.3 Å². The normalized spacial score (nSPS) is 13.5. The van der Waals surface area contributed by atoms with Crippen LogP contribution in [-0.2, 0) is 0 Å². The van der Waals surface area contributed by atoms with Crippen LogP contribution in [0, 0.1) is 17.7 Å². The summed E-state index contributed by atoms with van der Waals surface area (Å²) in [5, 5.41) is 9.58. The minimum absolute atomic E-state index is 0.291. The summed E-state index contributed by atoms with van der Waals surface area (Å²) >= 11 is 0. The molecule has 1 aliphatic rings. The van der Waals surface area contributed by atoms with Crippen molar-refractivity contribution in [3.05, 3.63) is 58.9 Å². The number of carbonyl (C=O) groups excluding carboxylic acids is 1. The van der Waals surface area contributed by atoms with Gasteiger partial charge in [0.2, 0.25) is 0 Å². The summed E-state index contributed by atoms with van der Waals surface area (Å²) in [6.45, 7) is 2.18. The average Bonchev–Trinajstić information content (AvgIpc) is 3.08. The van der Waals surface area contributed by atoms with Crippen molar-refractivity contribution in [2.24, 2.45) is 0 Å². The van der Waals surface area contributed by atoms with E-state index in [1.54, 1.807) is 0 Å². The monoisotopic (exact) mass is 309 g/mol. The number of phenolic OH excluding ortho intramolecular Hbond substituents is 1. The second-order valence-electron chi connectivity index (χ2n) is 5.50. The third-order valence-electron chi connectivity index (χ3n) is 3.92. The molecule has 3 nitrogen and oxygen atoms in total. The molecule has 0 radical (unpaired) electrons. The van der Waals surface area contributed by atoms with E-state index in [9.17, 15) is 14.3 Å². The van der Waals surface area contributed by atoms with Gasteiger partial charge in [-0.05, 0) is 49.2 Å². The van der Waals surface area contributed by atoms with Crippen LogP contribution in [0.25, 0.3) is 0 Å². The lowest BCUT2D eigenvalue weighted by Gasteiger charge is -2.17. The van der Waals surface area contributed by atoms with E-state index in [-0.39, 0.29) is 5.56 Å². The molecular formula is C19H16FNO2. The Labute approximate surface area is 134 Å². The first kappa shape index (κ1) is 15.1. The van der Waals surface area contributed by atoms with Crippen LogP contribution >= 0.6 is 0 Å². The molecule has 23 heavy (non-hydrogen) atoms. The molecule has 1 aliphatic heterocycles. The summed E-state index contributed by atoms with van der Waals surface area (Å²) in [4.78, 5) is 13.0. The first-order valence-electron chi connectivity index (χ1n) is 7.52. The highest BCUT2D eigenvalue weighted by Gasteiger charge is 2.11. The molecule has 1 fully saturated rings. The van der Waals surface area contributed by atoms with Gasteiger partial charge in [0.15, 0.2) is 6.29 Å². The Morgan fingerprint density at radius 2 is 1.70 bits per heavy atom. The van der Waals surface area contributed by atoms with Crippen LogP contribution in [0.15, 0.2) is 36.4 Å². The summed E-state index contributed by atoms with van der Waals surface area (Å²) in [7, 11) is 0. The van der Waals surface area contributed by atoms with E-state index in [0.29, 0.717) is 11.8 Å². The van der Waals surface area contributed by atoms with Crippen LogP contribution in [-0.4, -0.2) is 24.5 Å². The Morgan fingerprint density at radius 3 is 2.30 bits per heavy atom. The van der Waals surface area contributed by atoms with Gasteiger partial charge in [-0.1, -0.05) is 11.8 Å². The molecule has 116 valence electrons. The molecule has 0 spiro atoms. The Balaban J connectivity index is 1.80. The summed E-state index contributed by atoms with van der Waals surface area (Å²) in [5.74, 6) is 4.57. The number of anilines is 1. The second-order valence-corrected chi connectivity index (χ2v) is 5.50. The van der Waals surface area contributed by atoms with E-state index in [2.05, 4.69) is 16.7 Å². The van der Waals surface area contributed by atoms with E-state index in [1.165, 1.54) is 24.6 Å². The zero-order valence-electron chi connectivity index (χ0n) is 12.6. The molecule has 1 N–H and O–H groups in total. The summed E-state index contributed by atoms with van der Waals surface area (Å²) in [6.07, 6.45) is 2.75. The fraction of sp³-hybridized carbons (Fsp3) is 0.211. The van der Waals surface area contributed by atoms with Crippen molar-refractivity contribution < 1.29 is 14.3 Å². The SMILES string of the molecule is O=Cc1c(O)cc(C#Cc2ccc(N3CCCC3)cc2)cc1F. The first-order valence-corrected chi connectivity index (χ1v) is 7.52. The lowest BCUT2D eigenvalue weighted by Crippen LogP contribution is -2.17. The number of nitrogens with zero attached hydrogens (tertiary/aromatic N) is 1. The Hall–Kier alpha value is -2.80. The van der Waals surface area contributed by atoms with Gasteiger partial charge in [-0.3, -0.25) is 4.79 Å². The maximum atomic E-state index is 13.6. The molecule has 0 amide bonds. The van der Waals surface area contributed by atoms with Crippen LogP contribution in [0.2, 0.25) is 0 Å². The number of carbonyl (C=O) groups is 1. The smallest absolute Gasteiger partial charge is 0.156 e. The van der Waals surface area contributed by atoms with Gasteiger partial charge in [0.25, 0.3) is 0 Å². The number of rotatable bonds is 2. The van der Waals surface area contributed by atoms with Crippen LogP contribution < -0.4 is 4.90 Å². The van der Waals surface area contributed by atoms with Gasteiger partial charge in [-0.15, -0.1) is 0 Å². The molecule has 0 aromatic heterocycles. The molecule has 0 aliphatic carbocycles. The minimum atomic E-state index is -0.770. The highest BCUT2D eigenvalue weighted by atomic mass is 19.1. The molecule has 1 heterocycles. The zero-order valence-corrected chi connectivity index (χ0v) is 12.6. The van der Waals surface area contributed by atoms with E-state index in [4.69, 9.17) is 0 Å². The summed E-state index contributed by atoms with van der Waals surface area (Å²) in [5.41, 5.74) is 1.99. The van der Waals surface area contributed by atoms with Crippen LogP contribution in [0.1, 0.15) is 34.3 Å². The van der Waals surface area contributed by atoms with Gasteiger partial charge in [0.05, 0.1) is 5.56 Å². The third kappa shape index (κ3) is 3.35. The number of hydrogen-bond donors (Lipinski definition) is 1. The summed E-state index contributed by atoms with van der Waals surface area (Å²) in [6, 6.07) is 10.4. The Kier molecular flexibility index (Phi) is 4.29. The number of halogens is 1. The quantitative estimate of drug-likeness (QED) is 0.683. The van der Waals surface area contributed by atoms with Crippen molar-refractivity contribution in [2.45, 2.75) is 12.8 Å². The van der Waals surface area contributed by atoms with Gasteiger partial charge in [-0.2, -0.15) is 0 Å². The Morgan fingerprint density at radius 1 is 1.04 bits per heavy atom. The van der Waals surface area contributed by atoms with E-state index < -0.39 is 11.6 Å². The van der Waals surface area contributed by atoms with Crippen LogP contribution in [0.3, 0.4) is 0 Å². The molecule has 2 aromatic rings. The van der Waals surface area contributed by atoms with Crippen molar-refractivity contribution in [3.8, 4) is 17.6 Å². The van der Waals surface area contributed by atoms with Crippen LogP contribution in [0.4, 0.5) is 10.1 Å². The summed E-state index contributed by atoms with van der Waals surface area (Å²) < 4.78 is 13.6. The van der Waals surface area contributed by atoms with Gasteiger partial charge < -0.3 is 10.0 Å². The zero-order chi connectivity index (χ0) is 16.2. The van der Waals surface area contributed by atoms with Crippen molar-refractivity contribution in [2.75, 3.05) is 18.0 Å². The predicted octanol–water partition coefficient (Wildman–Crippen LogP) is 3.34. The van der Waals surface area contributed by atoms with Gasteiger partial charge >= 0.3 is 0 Å². The van der Waals surface area contributed by atoms with Crippen LogP contribution in [0.5, 0.6) is 5.75 Å². The maximum Gasteiger partial charge on any atom is 0.156 e. The first-order chi connectivity index (χ1) is 11.2. The largest absolute Gasteiger partial charge is 0.507 e. The van der Waals surface area contributed by atoms with Crippen molar-refractivity contribution in [1.29, 1.82) is 0 Å². The lowest BCUT2D eigenvalue weighted by molar-refractivity contribution is 0.111. The number of aromatic hydroxyl groups is 1. The van der Waals surface area contributed by atoms with Gasteiger partial charge in [0, 0.05) is 29.9 Å². The molecule has 3 rings (SSSR count). The fourth-order valence-corrected chi connectivity index (χ4v) is 2.67. The number of hydrogen-bond acceptors (Lipinski definition) is 3. The maximum absolute atomic E-state index is 13.6. The molecule has 0 bridgehead atoms. The van der Waals surface area contributed by atoms with Gasteiger partial charge in [-0.25, -0.2) is 4.39 Å². The van der Waals surface area contributed by atoms with Crippen molar-refractivity contribution >= 4 is 12.0 Å². The third-order valence-corrected chi connectivity index (χ3v) is 3.92. The molecule has 0 atom stereocenters. The number of benzene rings is 2. The highest BCUT2D eigenvalue weighted by Crippen LogP contribution is 2.21. The predicted molar refractivity (Wildman–Crippen MR) is 87.3 cm³/mol. The van der Waals surface area contributed by atoms with Gasteiger partial charge in [0.1, 0.15) is 11.6 Å². The standard InChI is InChI=1S/C19H16FNO2/c20-18-11-15(12-19(23)17(18)13-22)4-3-14-5-7-16(8-6-14)21-9-1-2-10-21/h5-8,11-13,23H,1-2,9-10H2. The molecule has 0 unspecified atom stereocenters. The second kappa shape index (κ2) is 6.53. The van der Waals surface area contributed by atoms with E-state index >= 15 is 0 Å². The lowest BCUT2D eigenvalue weighted by atomic mass is 10.1. The van der Waals surface area contributed by atoms with E-state index in [0.717, 1.165) is 24.7 Å². The van der Waals surface area contributed by atoms with Crippen molar-refractivity contribution in [1.82, 2.24) is 0 Å². The number of aldehydes is 1. The Bertz CT molecular complexity index is 758. The molecule has 4 heteroatoms. The average molecular weight is 309 g/mol. The topological polar surface area (TPSA) is 40.5 Å².